The summed E-state index contributed by atoms with van der Waals surface area (Å²) >= 11 is 1.44. The van der Waals surface area contributed by atoms with E-state index < -0.39 is 0 Å². The van der Waals surface area contributed by atoms with Crippen LogP contribution in [0.1, 0.15) is 25.0 Å². The average Bonchev–Trinajstić information content (AvgIpc) is 2.63. The van der Waals surface area contributed by atoms with Crippen LogP contribution in [0, 0.1) is 0 Å². The van der Waals surface area contributed by atoms with Crippen molar-refractivity contribution in [3.63, 3.8) is 0 Å². The summed E-state index contributed by atoms with van der Waals surface area (Å²) in [6, 6.07) is 0. The minimum absolute atomic E-state index is 0.365. The first-order chi connectivity index (χ1) is 6.77. The van der Waals surface area contributed by atoms with Crippen LogP contribution >= 0.6 is 11.3 Å². The number of aliphatic imine (C=N–C) groups is 1. The molecule has 0 radical (unpaired) electrons. The van der Waals surface area contributed by atoms with Gasteiger partial charge in [-0.2, -0.15) is 0 Å². The summed E-state index contributed by atoms with van der Waals surface area (Å²) in [6.07, 6.45) is 3.99. The Kier molecular flexibility index (Phi) is 4.39. The van der Waals surface area contributed by atoms with Gasteiger partial charge in [-0.15, -0.1) is 0 Å². The van der Waals surface area contributed by atoms with Crippen molar-refractivity contribution in [2.24, 2.45) is 4.99 Å². The van der Waals surface area contributed by atoms with Crippen molar-refractivity contribution in [3.8, 4) is 0 Å². The normalized spacial score (nSPS) is 12.6. The molecule has 0 aliphatic heterocycles. The quantitative estimate of drug-likeness (QED) is 0.422. The Morgan fingerprint density at radius 2 is 2.64 bits per heavy atom. The van der Waals surface area contributed by atoms with Crippen LogP contribution in [-0.4, -0.2) is 18.2 Å². The molecule has 0 fully saturated rings. The van der Waals surface area contributed by atoms with E-state index in [1.165, 1.54) is 17.5 Å². The van der Waals surface area contributed by atoms with Crippen LogP contribution in [0.5, 0.6) is 0 Å². The van der Waals surface area contributed by atoms with Gasteiger partial charge in [0.25, 0.3) is 0 Å². The van der Waals surface area contributed by atoms with Crippen molar-refractivity contribution in [1.82, 2.24) is 4.98 Å². The second-order valence-corrected chi connectivity index (χ2v) is 3.73. The van der Waals surface area contributed by atoms with Crippen LogP contribution in [0.15, 0.2) is 23.0 Å². The molecule has 1 aromatic rings. The van der Waals surface area contributed by atoms with Gasteiger partial charge in [0.1, 0.15) is 0 Å². The maximum absolute atomic E-state index is 10.0. The molecule has 0 aliphatic carbocycles. The molecule has 1 aromatic heterocycles. The van der Waals surface area contributed by atoms with Gasteiger partial charge in [0.05, 0.1) is 0 Å². The van der Waals surface area contributed by atoms with Crippen molar-refractivity contribution in [3.05, 3.63) is 23.7 Å². The number of hydrogen-bond donors (Lipinski definition) is 0. The Balaban J connectivity index is 2.71. The zero-order valence-electron chi connectivity index (χ0n) is 8.01. The Morgan fingerprint density at radius 1 is 1.86 bits per heavy atom. The van der Waals surface area contributed by atoms with Gasteiger partial charge < -0.3 is 0 Å². The predicted molar refractivity (Wildman–Crippen MR) is 59.9 cm³/mol. The molecule has 1 atom stereocenters. The first kappa shape index (κ1) is 11.0. The van der Waals surface area contributed by atoms with Crippen molar-refractivity contribution < 1.29 is 4.70 Å². The second-order valence-electron chi connectivity index (χ2n) is 2.89. The van der Waals surface area contributed by atoms with Gasteiger partial charge in [0.2, 0.25) is 0 Å². The van der Waals surface area contributed by atoms with Crippen molar-refractivity contribution in [2.75, 3.05) is 0 Å². The zero-order chi connectivity index (χ0) is 10.4. The summed E-state index contributed by atoms with van der Waals surface area (Å²) in [6.45, 7) is 5.77. The fraction of sp³-hybridized carbons (Fsp3) is 0.333. The Bertz CT molecular complexity index is 348. The minimum atomic E-state index is 0.365. The molecule has 0 saturated carbocycles. The predicted octanol–water partition coefficient (Wildman–Crippen LogP) is 2.53. The van der Waals surface area contributed by atoms with E-state index in [2.05, 4.69) is 23.5 Å². The molecule has 72 valence electrons. The van der Waals surface area contributed by atoms with E-state index in [0.29, 0.717) is 18.2 Å². The third-order valence-electron chi connectivity index (χ3n) is 1.78. The number of nitrogens with zero attached hydrogens (tertiary/aromatic N) is 2. The van der Waals surface area contributed by atoms with Crippen molar-refractivity contribution in [1.29, 1.82) is 0 Å². The van der Waals surface area contributed by atoms with E-state index in [4.69, 9.17) is 0 Å². The monoisotopic (exact) mass is 206 g/mol. The van der Waals surface area contributed by atoms with Gasteiger partial charge >= 0.3 is 87.4 Å². The van der Waals surface area contributed by atoms with Crippen LogP contribution in [0.2, 0.25) is 0 Å². The van der Waals surface area contributed by atoms with E-state index in [-0.39, 0.29) is 0 Å². The van der Waals surface area contributed by atoms with Crippen LogP contribution in [-0.2, 0) is 4.70 Å². The number of rotatable bonds is 5. The van der Waals surface area contributed by atoms with E-state index in [0.717, 1.165) is 12.1 Å². The van der Waals surface area contributed by atoms with E-state index in [1.54, 1.807) is 0 Å². The first-order valence-electron chi connectivity index (χ1n) is 4.32. The summed E-state index contributed by atoms with van der Waals surface area (Å²) in [5.74, 6) is 0.365. The Hall–Kier alpha value is -1.10. The topological polar surface area (TPSA) is 42.3 Å². The fourth-order valence-corrected chi connectivity index (χ4v) is 1.82. The average molecular weight is 206 g/mol. The van der Waals surface area contributed by atoms with Gasteiger partial charge in [-0.1, -0.05) is 0 Å². The summed E-state index contributed by atoms with van der Waals surface area (Å²) in [5, 5.41) is 2.59. The summed E-state index contributed by atoms with van der Waals surface area (Å²) in [5.41, 5.74) is 1.01. The molecule has 0 spiro atoms. The van der Waals surface area contributed by atoms with Gasteiger partial charge in [-0.3, -0.25) is 0 Å². The van der Waals surface area contributed by atoms with Gasteiger partial charge in [0.15, 0.2) is 0 Å². The van der Waals surface area contributed by atoms with E-state index in [9.17, 15) is 4.70 Å². The van der Waals surface area contributed by atoms with Gasteiger partial charge in [-0.25, -0.2) is 0 Å². The number of aromatic nitrogens is 1. The molecule has 3 nitrogen and oxygen atoms in total. The SMILES string of the molecule is C=CCC(C)c1csc(/N=C\B=O)n1. The molecule has 1 unspecified atom stereocenters. The number of allylic oxidation sites excluding steroid dienone is 1. The van der Waals surface area contributed by atoms with Gasteiger partial charge in [-0.05, 0) is 0 Å². The molecule has 1 heterocycles. The van der Waals surface area contributed by atoms with Crippen LogP contribution in [0.3, 0.4) is 0 Å². The van der Waals surface area contributed by atoms with Crippen molar-refractivity contribution >= 4 is 29.7 Å². The Labute approximate surface area is 87.9 Å². The maximum atomic E-state index is 10.0. The first-order valence-corrected chi connectivity index (χ1v) is 5.20. The van der Waals surface area contributed by atoms with Crippen LogP contribution in [0.25, 0.3) is 0 Å². The molecule has 0 aromatic carbocycles. The summed E-state index contributed by atoms with van der Waals surface area (Å²) < 4.78 is 10.0. The fourth-order valence-electron chi connectivity index (χ4n) is 1.03. The molecule has 1 rings (SSSR count). The Morgan fingerprint density at radius 3 is 3.29 bits per heavy atom. The van der Waals surface area contributed by atoms with Gasteiger partial charge in [0, 0.05) is 0 Å². The second kappa shape index (κ2) is 5.60. The third-order valence-corrected chi connectivity index (χ3v) is 2.55. The third kappa shape index (κ3) is 2.99. The van der Waals surface area contributed by atoms with E-state index >= 15 is 0 Å². The molecule has 0 bridgehead atoms. The molecule has 0 amide bonds. The number of thiazole rings is 1. The molecule has 0 aliphatic rings. The standard InChI is InChI=1S/C9H11BN2OS/c1-3-4-7(2)8-5-14-9(12-8)11-6-10-13/h3,5-7H,1,4H2,2H3/b11-6-. The molecule has 0 saturated heterocycles. The molecular weight excluding hydrogens is 195 g/mol. The zero-order valence-corrected chi connectivity index (χ0v) is 8.83. The van der Waals surface area contributed by atoms with Crippen LogP contribution < -0.4 is 0 Å². The summed E-state index contributed by atoms with van der Waals surface area (Å²) in [4.78, 5) is 8.16. The van der Waals surface area contributed by atoms with Crippen LogP contribution in [0.4, 0.5) is 5.13 Å². The van der Waals surface area contributed by atoms with Crippen molar-refractivity contribution in [2.45, 2.75) is 19.3 Å². The molecule has 0 N–H and O–H groups in total. The molecule has 14 heavy (non-hydrogen) atoms. The molecule has 5 heteroatoms. The number of hydrogen-bond acceptors (Lipinski definition) is 4. The van der Waals surface area contributed by atoms with E-state index in [1.807, 2.05) is 11.5 Å². The molecular formula is C9H11BN2OS. The summed E-state index contributed by atoms with van der Waals surface area (Å²) in [7, 11) is 0.647.